The SMILES string of the molecule is COc1cc(-n2cnc(Nc3cc4ccccc4cn3)c2)cc(C)c1C. The highest BCUT2D eigenvalue weighted by Crippen LogP contribution is 2.26. The Morgan fingerprint density at radius 3 is 2.58 bits per heavy atom. The Labute approximate surface area is 152 Å². The lowest BCUT2D eigenvalue weighted by Crippen LogP contribution is -1.96. The van der Waals surface area contributed by atoms with E-state index < -0.39 is 0 Å². The summed E-state index contributed by atoms with van der Waals surface area (Å²) in [5.41, 5.74) is 3.34. The second-order valence-corrected chi connectivity index (χ2v) is 6.30. The molecule has 0 amide bonds. The molecule has 0 radical (unpaired) electrons. The first kappa shape index (κ1) is 16.1. The topological polar surface area (TPSA) is 52.0 Å². The van der Waals surface area contributed by atoms with Gasteiger partial charge in [0, 0.05) is 17.6 Å². The van der Waals surface area contributed by atoms with Gasteiger partial charge < -0.3 is 14.6 Å². The van der Waals surface area contributed by atoms with Crippen LogP contribution in [0.15, 0.2) is 61.2 Å². The highest BCUT2D eigenvalue weighted by molar-refractivity contribution is 5.84. The predicted octanol–water partition coefficient (Wildman–Crippen LogP) is 4.79. The first-order valence-electron chi connectivity index (χ1n) is 8.45. The number of nitrogens with one attached hydrogen (secondary N) is 1. The lowest BCUT2D eigenvalue weighted by atomic mass is 10.1. The molecule has 26 heavy (non-hydrogen) atoms. The molecule has 0 fully saturated rings. The van der Waals surface area contributed by atoms with Crippen molar-refractivity contribution >= 4 is 22.4 Å². The molecule has 4 rings (SSSR count). The lowest BCUT2D eigenvalue weighted by molar-refractivity contribution is 0.411. The monoisotopic (exact) mass is 344 g/mol. The third-order valence-corrected chi connectivity index (χ3v) is 4.59. The van der Waals surface area contributed by atoms with Gasteiger partial charge in [0.1, 0.15) is 23.7 Å². The Morgan fingerprint density at radius 1 is 0.962 bits per heavy atom. The van der Waals surface area contributed by atoms with Crippen LogP contribution in [-0.4, -0.2) is 21.6 Å². The van der Waals surface area contributed by atoms with Crippen LogP contribution in [0, 0.1) is 13.8 Å². The van der Waals surface area contributed by atoms with Crippen LogP contribution in [0.5, 0.6) is 5.75 Å². The van der Waals surface area contributed by atoms with E-state index in [0.29, 0.717) is 0 Å². The first-order valence-corrected chi connectivity index (χ1v) is 8.45. The molecule has 0 saturated carbocycles. The molecule has 0 unspecified atom stereocenters. The van der Waals surface area contributed by atoms with E-state index in [9.17, 15) is 0 Å². The van der Waals surface area contributed by atoms with Crippen LogP contribution in [0.4, 0.5) is 11.6 Å². The van der Waals surface area contributed by atoms with E-state index in [4.69, 9.17) is 4.74 Å². The minimum absolute atomic E-state index is 0.741. The predicted molar refractivity (Wildman–Crippen MR) is 105 cm³/mol. The maximum absolute atomic E-state index is 5.47. The minimum Gasteiger partial charge on any atom is -0.496 e. The number of anilines is 2. The van der Waals surface area contributed by atoms with Gasteiger partial charge in [-0.25, -0.2) is 9.97 Å². The molecule has 2 aromatic carbocycles. The number of benzene rings is 2. The number of methoxy groups -OCH3 is 1. The van der Waals surface area contributed by atoms with E-state index in [2.05, 4.69) is 41.3 Å². The Morgan fingerprint density at radius 2 is 1.77 bits per heavy atom. The van der Waals surface area contributed by atoms with Gasteiger partial charge in [-0.2, -0.15) is 0 Å². The van der Waals surface area contributed by atoms with Crippen LogP contribution in [0.1, 0.15) is 11.1 Å². The zero-order valence-corrected chi connectivity index (χ0v) is 15.0. The fourth-order valence-corrected chi connectivity index (χ4v) is 2.98. The van der Waals surface area contributed by atoms with Gasteiger partial charge in [-0.1, -0.05) is 24.3 Å². The van der Waals surface area contributed by atoms with E-state index in [-0.39, 0.29) is 0 Å². The summed E-state index contributed by atoms with van der Waals surface area (Å²) in [6.45, 7) is 4.14. The Bertz CT molecular complexity index is 1080. The van der Waals surface area contributed by atoms with Crippen molar-refractivity contribution in [1.82, 2.24) is 14.5 Å². The number of rotatable bonds is 4. The molecule has 5 heteroatoms. The van der Waals surface area contributed by atoms with Gasteiger partial charge in [-0.3, -0.25) is 0 Å². The number of fused-ring (bicyclic) bond motifs is 1. The van der Waals surface area contributed by atoms with Crippen LogP contribution in [0.25, 0.3) is 16.5 Å². The molecule has 0 spiro atoms. The highest BCUT2D eigenvalue weighted by Gasteiger charge is 2.08. The Kier molecular flexibility index (Phi) is 4.05. The molecule has 0 saturated heterocycles. The van der Waals surface area contributed by atoms with Crippen LogP contribution in [0.2, 0.25) is 0 Å². The van der Waals surface area contributed by atoms with E-state index in [1.807, 2.05) is 47.3 Å². The van der Waals surface area contributed by atoms with Crippen molar-refractivity contribution in [1.29, 1.82) is 0 Å². The second kappa shape index (κ2) is 6.52. The van der Waals surface area contributed by atoms with Crippen molar-refractivity contribution in [3.8, 4) is 11.4 Å². The summed E-state index contributed by atoms with van der Waals surface area (Å²) < 4.78 is 7.44. The lowest BCUT2D eigenvalue weighted by Gasteiger charge is -2.11. The zero-order valence-electron chi connectivity index (χ0n) is 15.0. The Balaban J connectivity index is 1.62. The van der Waals surface area contributed by atoms with Crippen molar-refractivity contribution in [3.05, 3.63) is 72.3 Å². The fraction of sp³-hybridized carbons (Fsp3) is 0.143. The zero-order chi connectivity index (χ0) is 18.1. The normalized spacial score (nSPS) is 10.9. The fourth-order valence-electron chi connectivity index (χ4n) is 2.98. The largest absolute Gasteiger partial charge is 0.496 e. The number of hydrogen-bond acceptors (Lipinski definition) is 4. The molecule has 2 aromatic heterocycles. The molecule has 0 atom stereocenters. The number of hydrogen-bond donors (Lipinski definition) is 1. The molecular weight excluding hydrogens is 324 g/mol. The van der Waals surface area contributed by atoms with Gasteiger partial charge in [-0.15, -0.1) is 0 Å². The summed E-state index contributed by atoms with van der Waals surface area (Å²) in [7, 11) is 1.69. The van der Waals surface area contributed by atoms with Gasteiger partial charge in [0.2, 0.25) is 0 Å². The first-order chi connectivity index (χ1) is 12.6. The van der Waals surface area contributed by atoms with Crippen LogP contribution >= 0.6 is 0 Å². The third kappa shape index (κ3) is 2.99. The van der Waals surface area contributed by atoms with Crippen LogP contribution in [0.3, 0.4) is 0 Å². The van der Waals surface area contributed by atoms with Gasteiger partial charge in [0.15, 0.2) is 0 Å². The number of pyridine rings is 1. The number of aromatic nitrogens is 3. The molecule has 0 bridgehead atoms. The quantitative estimate of drug-likeness (QED) is 0.578. The third-order valence-electron chi connectivity index (χ3n) is 4.59. The molecule has 130 valence electrons. The van der Waals surface area contributed by atoms with Gasteiger partial charge >= 0.3 is 0 Å². The number of nitrogens with zero attached hydrogens (tertiary/aromatic N) is 3. The molecule has 0 aliphatic rings. The molecule has 1 N–H and O–H groups in total. The maximum Gasteiger partial charge on any atom is 0.150 e. The molecule has 4 aromatic rings. The summed E-state index contributed by atoms with van der Waals surface area (Å²) in [6.07, 6.45) is 5.59. The molecule has 0 aliphatic heterocycles. The maximum atomic E-state index is 5.47. The second-order valence-electron chi connectivity index (χ2n) is 6.30. The van der Waals surface area contributed by atoms with E-state index in [1.165, 1.54) is 5.56 Å². The van der Waals surface area contributed by atoms with Gasteiger partial charge in [0.25, 0.3) is 0 Å². The van der Waals surface area contributed by atoms with Crippen molar-refractivity contribution < 1.29 is 4.74 Å². The molecule has 2 heterocycles. The van der Waals surface area contributed by atoms with Gasteiger partial charge in [0.05, 0.1) is 19.0 Å². The van der Waals surface area contributed by atoms with E-state index >= 15 is 0 Å². The molecule has 5 nitrogen and oxygen atoms in total. The summed E-state index contributed by atoms with van der Waals surface area (Å²) in [4.78, 5) is 8.90. The molecular formula is C21H20N4O. The average molecular weight is 344 g/mol. The standard InChI is InChI=1S/C21H20N4O/c1-14-8-18(10-19(26-3)15(14)2)25-12-21(23-13-25)24-20-9-16-6-4-5-7-17(16)11-22-20/h4-13H,1-3H3,(H,22,24). The molecule has 0 aliphatic carbocycles. The van der Waals surface area contributed by atoms with Crippen LogP contribution < -0.4 is 10.1 Å². The summed E-state index contributed by atoms with van der Waals surface area (Å²) >= 11 is 0. The van der Waals surface area contributed by atoms with Gasteiger partial charge in [-0.05, 0) is 42.5 Å². The number of ether oxygens (including phenoxy) is 1. The average Bonchev–Trinajstić information content (AvgIpc) is 3.12. The number of aryl methyl sites for hydroxylation is 1. The van der Waals surface area contributed by atoms with E-state index in [1.54, 1.807) is 13.4 Å². The van der Waals surface area contributed by atoms with Crippen LogP contribution in [-0.2, 0) is 0 Å². The smallest absolute Gasteiger partial charge is 0.150 e. The van der Waals surface area contributed by atoms with Crippen molar-refractivity contribution in [2.24, 2.45) is 0 Å². The van der Waals surface area contributed by atoms with E-state index in [0.717, 1.165) is 39.4 Å². The minimum atomic E-state index is 0.741. The van der Waals surface area contributed by atoms with Crippen molar-refractivity contribution in [3.63, 3.8) is 0 Å². The Hall–Kier alpha value is -3.34. The van der Waals surface area contributed by atoms with Crippen molar-refractivity contribution in [2.45, 2.75) is 13.8 Å². The summed E-state index contributed by atoms with van der Waals surface area (Å²) in [6, 6.07) is 14.3. The summed E-state index contributed by atoms with van der Waals surface area (Å²) in [5.74, 6) is 2.39. The number of imidazole rings is 1. The highest BCUT2D eigenvalue weighted by atomic mass is 16.5. The van der Waals surface area contributed by atoms with Crippen molar-refractivity contribution in [2.75, 3.05) is 12.4 Å². The summed E-state index contributed by atoms with van der Waals surface area (Å²) in [5, 5.41) is 5.52.